The zero-order valence-electron chi connectivity index (χ0n) is 9.54. The molecule has 0 amide bonds. The van der Waals surface area contributed by atoms with Crippen LogP contribution in [0, 0.1) is 5.41 Å². The topological polar surface area (TPSA) is 40.5 Å². The van der Waals surface area contributed by atoms with Gasteiger partial charge in [0.1, 0.15) is 0 Å². The van der Waals surface area contributed by atoms with Gasteiger partial charge in [-0.25, -0.2) is 0 Å². The van der Waals surface area contributed by atoms with Crippen LogP contribution >= 0.6 is 0 Å². The summed E-state index contributed by atoms with van der Waals surface area (Å²) >= 11 is 0. The number of carboxylic acids is 1. The van der Waals surface area contributed by atoms with E-state index in [9.17, 15) is 4.79 Å². The van der Waals surface area contributed by atoms with Gasteiger partial charge in [0.15, 0.2) is 0 Å². The van der Waals surface area contributed by atoms with E-state index in [0.717, 1.165) is 25.6 Å². The van der Waals surface area contributed by atoms with Crippen LogP contribution in [-0.4, -0.2) is 35.1 Å². The third kappa shape index (κ3) is 2.51. The maximum absolute atomic E-state index is 10.8. The van der Waals surface area contributed by atoms with Crippen LogP contribution in [0.4, 0.5) is 0 Å². The van der Waals surface area contributed by atoms with E-state index in [4.69, 9.17) is 5.11 Å². The van der Waals surface area contributed by atoms with Crippen molar-refractivity contribution in [2.24, 2.45) is 5.41 Å². The molecule has 1 heterocycles. The molecule has 2 aliphatic rings. The van der Waals surface area contributed by atoms with Crippen LogP contribution in [0.1, 0.15) is 45.4 Å². The Morgan fingerprint density at radius 3 is 2.73 bits per heavy atom. The SMILES string of the molecule is CC1(CC(=O)O)CCN(C2CCCC2)C1. The number of aliphatic carboxylic acids is 1. The summed E-state index contributed by atoms with van der Waals surface area (Å²) in [5.41, 5.74) is 0.0222. The van der Waals surface area contributed by atoms with Gasteiger partial charge in [-0.3, -0.25) is 9.69 Å². The summed E-state index contributed by atoms with van der Waals surface area (Å²) in [4.78, 5) is 13.3. The Bertz CT molecular complexity index is 248. The van der Waals surface area contributed by atoms with Crippen molar-refractivity contribution in [3.05, 3.63) is 0 Å². The second kappa shape index (κ2) is 4.12. The van der Waals surface area contributed by atoms with Gasteiger partial charge < -0.3 is 5.11 Å². The van der Waals surface area contributed by atoms with E-state index in [0.29, 0.717) is 6.42 Å². The van der Waals surface area contributed by atoms with Crippen molar-refractivity contribution >= 4 is 5.97 Å². The Kier molecular flexibility index (Phi) is 3.01. The van der Waals surface area contributed by atoms with Crippen molar-refractivity contribution in [3.63, 3.8) is 0 Å². The van der Waals surface area contributed by atoms with E-state index >= 15 is 0 Å². The Labute approximate surface area is 91.5 Å². The van der Waals surface area contributed by atoms with Crippen LogP contribution in [0.2, 0.25) is 0 Å². The summed E-state index contributed by atoms with van der Waals surface area (Å²) in [6.45, 7) is 4.22. The molecule has 15 heavy (non-hydrogen) atoms. The molecule has 2 rings (SSSR count). The molecule has 1 aliphatic carbocycles. The molecule has 1 saturated carbocycles. The Balaban J connectivity index is 1.90. The van der Waals surface area contributed by atoms with Crippen molar-refractivity contribution < 1.29 is 9.90 Å². The average molecular weight is 211 g/mol. The van der Waals surface area contributed by atoms with Crippen molar-refractivity contribution in [3.8, 4) is 0 Å². The molecule has 1 N–H and O–H groups in total. The quantitative estimate of drug-likeness (QED) is 0.777. The number of likely N-dealkylation sites (tertiary alicyclic amines) is 1. The molecular formula is C12H21NO2. The molecule has 1 atom stereocenters. The van der Waals surface area contributed by atoms with Crippen LogP contribution in [-0.2, 0) is 4.79 Å². The summed E-state index contributed by atoms with van der Waals surface area (Å²) in [5, 5.41) is 8.87. The van der Waals surface area contributed by atoms with Crippen molar-refractivity contribution in [1.82, 2.24) is 4.90 Å². The standard InChI is InChI=1S/C12H21NO2/c1-12(8-11(14)15)6-7-13(9-12)10-4-2-3-5-10/h10H,2-9H2,1H3,(H,14,15). The van der Waals surface area contributed by atoms with Crippen LogP contribution in [0.15, 0.2) is 0 Å². The first-order chi connectivity index (χ1) is 7.09. The summed E-state index contributed by atoms with van der Waals surface area (Å²) in [7, 11) is 0. The Morgan fingerprint density at radius 1 is 1.47 bits per heavy atom. The van der Waals surface area contributed by atoms with Crippen LogP contribution < -0.4 is 0 Å². The van der Waals surface area contributed by atoms with Gasteiger partial charge in [-0.1, -0.05) is 19.8 Å². The normalized spacial score (nSPS) is 33.7. The molecule has 1 saturated heterocycles. The molecule has 0 aromatic carbocycles. The number of hydrogen-bond donors (Lipinski definition) is 1. The zero-order valence-corrected chi connectivity index (χ0v) is 9.54. The fourth-order valence-electron chi connectivity index (χ4n) is 3.15. The minimum Gasteiger partial charge on any atom is -0.481 e. The highest BCUT2D eigenvalue weighted by Gasteiger charge is 2.38. The van der Waals surface area contributed by atoms with Crippen LogP contribution in [0.25, 0.3) is 0 Å². The second-order valence-electron chi connectivity index (χ2n) is 5.54. The average Bonchev–Trinajstić information content (AvgIpc) is 2.71. The van der Waals surface area contributed by atoms with Gasteiger partial charge in [0.25, 0.3) is 0 Å². The van der Waals surface area contributed by atoms with Gasteiger partial charge in [0.05, 0.1) is 6.42 Å². The van der Waals surface area contributed by atoms with E-state index in [1.807, 2.05) is 0 Å². The summed E-state index contributed by atoms with van der Waals surface area (Å²) in [5.74, 6) is -0.647. The maximum atomic E-state index is 10.8. The lowest BCUT2D eigenvalue weighted by molar-refractivity contribution is -0.139. The number of hydrogen-bond acceptors (Lipinski definition) is 2. The van der Waals surface area contributed by atoms with Gasteiger partial charge in [0, 0.05) is 12.6 Å². The fourth-order valence-corrected chi connectivity index (χ4v) is 3.15. The largest absolute Gasteiger partial charge is 0.481 e. The predicted molar refractivity (Wildman–Crippen MR) is 58.8 cm³/mol. The molecule has 0 spiro atoms. The number of carbonyl (C=O) groups is 1. The monoisotopic (exact) mass is 211 g/mol. The third-order valence-electron chi connectivity index (χ3n) is 4.01. The van der Waals surface area contributed by atoms with Crippen molar-refractivity contribution in [2.45, 2.75) is 51.5 Å². The van der Waals surface area contributed by atoms with Gasteiger partial charge in [-0.2, -0.15) is 0 Å². The lowest BCUT2D eigenvalue weighted by atomic mass is 9.86. The number of carboxylic acid groups (broad SMARTS) is 1. The number of rotatable bonds is 3. The zero-order chi connectivity index (χ0) is 10.9. The second-order valence-corrected chi connectivity index (χ2v) is 5.54. The van der Waals surface area contributed by atoms with E-state index in [-0.39, 0.29) is 5.41 Å². The molecule has 0 radical (unpaired) electrons. The maximum Gasteiger partial charge on any atom is 0.303 e. The molecule has 1 unspecified atom stereocenters. The van der Waals surface area contributed by atoms with Crippen LogP contribution in [0.5, 0.6) is 0 Å². The molecule has 3 nitrogen and oxygen atoms in total. The summed E-state index contributed by atoms with van der Waals surface area (Å²) in [6.07, 6.45) is 6.74. The molecule has 86 valence electrons. The highest BCUT2D eigenvalue weighted by atomic mass is 16.4. The van der Waals surface area contributed by atoms with E-state index in [2.05, 4.69) is 11.8 Å². The predicted octanol–water partition coefficient (Wildman–Crippen LogP) is 2.12. The lowest BCUT2D eigenvalue weighted by Crippen LogP contribution is -2.33. The van der Waals surface area contributed by atoms with Crippen LogP contribution in [0.3, 0.4) is 0 Å². The molecule has 0 bridgehead atoms. The van der Waals surface area contributed by atoms with Crippen molar-refractivity contribution in [1.29, 1.82) is 0 Å². The Morgan fingerprint density at radius 2 is 2.13 bits per heavy atom. The first-order valence-corrected chi connectivity index (χ1v) is 6.05. The number of nitrogens with zero attached hydrogens (tertiary/aromatic N) is 1. The molecule has 3 heteroatoms. The van der Waals surface area contributed by atoms with Crippen molar-refractivity contribution in [2.75, 3.05) is 13.1 Å². The highest BCUT2D eigenvalue weighted by Crippen LogP contribution is 2.37. The minimum absolute atomic E-state index is 0.0222. The Hall–Kier alpha value is -0.570. The summed E-state index contributed by atoms with van der Waals surface area (Å²) < 4.78 is 0. The van der Waals surface area contributed by atoms with Gasteiger partial charge in [-0.05, 0) is 31.2 Å². The van der Waals surface area contributed by atoms with Gasteiger partial charge in [0.2, 0.25) is 0 Å². The van der Waals surface area contributed by atoms with E-state index < -0.39 is 5.97 Å². The minimum atomic E-state index is -0.647. The van der Waals surface area contributed by atoms with Gasteiger partial charge >= 0.3 is 5.97 Å². The molecule has 2 fully saturated rings. The first-order valence-electron chi connectivity index (χ1n) is 6.05. The molecule has 0 aromatic rings. The molecule has 0 aromatic heterocycles. The smallest absolute Gasteiger partial charge is 0.303 e. The first kappa shape index (κ1) is 10.9. The molecular weight excluding hydrogens is 190 g/mol. The lowest BCUT2D eigenvalue weighted by Gasteiger charge is -2.26. The van der Waals surface area contributed by atoms with E-state index in [1.165, 1.54) is 25.7 Å². The van der Waals surface area contributed by atoms with Gasteiger partial charge in [-0.15, -0.1) is 0 Å². The van der Waals surface area contributed by atoms with E-state index in [1.54, 1.807) is 0 Å². The fraction of sp³-hybridized carbons (Fsp3) is 0.917. The summed E-state index contributed by atoms with van der Waals surface area (Å²) in [6, 6.07) is 0.751. The highest BCUT2D eigenvalue weighted by molar-refractivity contribution is 5.67. The molecule has 1 aliphatic heterocycles. The third-order valence-corrected chi connectivity index (χ3v) is 4.01.